The van der Waals surface area contributed by atoms with E-state index in [-0.39, 0.29) is 0 Å². The molecule has 0 aromatic carbocycles. The van der Waals surface area contributed by atoms with E-state index in [0.717, 1.165) is 12.6 Å². The maximum Gasteiger partial charge on any atom is 0.134 e. The zero-order valence-corrected chi connectivity index (χ0v) is 7.03. The highest BCUT2D eigenvalue weighted by Gasteiger charge is 2.19. The van der Waals surface area contributed by atoms with Crippen molar-refractivity contribution in [1.82, 2.24) is 0 Å². The van der Waals surface area contributed by atoms with Gasteiger partial charge in [0.1, 0.15) is 12.6 Å². The van der Waals surface area contributed by atoms with E-state index >= 15 is 0 Å². The Kier molecular flexibility index (Phi) is 3.16. The van der Waals surface area contributed by atoms with Crippen LogP contribution in [0.25, 0.3) is 0 Å². The maximum absolute atomic E-state index is 3.94. The molecular weight excluding hydrogens is 124 g/mol. The Balaban J connectivity index is 2.24. The molecule has 1 aliphatic heterocycles. The van der Waals surface area contributed by atoms with Crippen LogP contribution in [0.1, 0.15) is 26.2 Å². The van der Waals surface area contributed by atoms with E-state index in [4.69, 9.17) is 0 Å². The summed E-state index contributed by atoms with van der Waals surface area (Å²) in [5.74, 6) is 0. The molecule has 1 atom stereocenters. The molecule has 0 aliphatic carbocycles. The van der Waals surface area contributed by atoms with Crippen LogP contribution in [0, 0.1) is 0 Å². The molecule has 2 heteroatoms. The normalized spacial score (nSPS) is 24.6. The summed E-state index contributed by atoms with van der Waals surface area (Å²) in [6, 6.07) is 0.792. The van der Waals surface area contributed by atoms with Crippen LogP contribution in [0.2, 0.25) is 0 Å². The Bertz CT molecular complexity index is 87.3. The summed E-state index contributed by atoms with van der Waals surface area (Å²) in [5.41, 5.74) is 3.94. The largest absolute Gasteiger partial charge is 0.353 e. The SMILES string of the molecule is C[C@@H](C[NH3+])[NH+]1CCCCC1. The monoisotopic (exact) mass is 144 g/mol. The van der Waals surface area contributed by atoms with Gasteiger partial charge in [-0.1, -0.05) is 0 Å². The Hall–Kier alpha value is -0.0800. The fourth-order valence-corrected chi connectivity index (χ4v) is 1.70. The third kappa shape index (κ3) is 1.96. The second-order valence-electron chi connectivity index (χ2n) is 3.41. The topological polar surface area (TPSA) is 32.1 Å². The molecule has 2 nitrogen and oxygen atoms in total. The average molecular weight is 144 g/mol. The number of quaternary nitrogens is 2. The standard InChI is InChI=1S/C8H18N2/c1-8(7-9)10-5-3-2-4-6-10/h8H,2-7,9H2,1H3/p+2/t8-/m0/s1. The average Bonchev–Trinajstić information content (AvgIpc) is 2.05. The van der Waals surface area contributed by atoms with Crippen LogP contribution in [0.5, 0.6) is 0 Å². The van der Waals surface area contributed by atoms with Gasteiger partial charge in [-0.2, -0.15) is 0 Å². The molecule has 1 aliphatic rings. The van der Waals surface area contributed by atoms with Crippen molar-refractivity contribution >= 4 is 0 Å². The zero-order chi connectivity index (χ0) is 7.40. The van der Waals surface area contributed by atoms with E-state index in [0.29, 0.717) is 0 Å². The van der Waals surface area contributed by atoms with Crippen molar-refractivity contribution in [3.8, 4) is 0 Å². The first-order valence-corrected chi connectivity index (χ1v) is 4.48. The van der Waals surface area contributed by atoms with Gasteiger partial charge < -0.3 is 10.6 Å². The molecule has 1 rings (SSSR count). The molecule has 0 radical (unpaired) electrons. The molecule has 0 aromatic heterocycles. The van der Waals surface area contributed by atoms with Crippen molar-refractivity contribution < 1.29 is 10.6 Å². The first kappa shape index (κ1) is 8.02. The second kappa shape index (κ2) is 3.94. The van der Waals surface area contributed by atoms with Crippen molar-refractivity contribution in [2.45, 2.75) is 32.2 Å². The van der Waals surface area contributed by atoms with Gasteiger partial charge in [-0.25, -0.2) is 0 Å². The number of nitrogens with one attached hydrogen (secondary N) is 1. The lowest BCUT2D eigenvalue weighted by Crippen LogP contribution is -3.17. The van der Waals surface area contributed by atoms with Crippen LogP contribution in [0.15, 0.2) is 0 Å². The van der Waals surface area contributed by atoms with Gasteiger partial charge in [0.2, 0.25) is 0 Å². The number of hydrogen-bond acceptors (Lipinski definition) is 0. The van der Waals surface area contributed by atoms with Gasteiger partial charge in [0.15, 0.2) is 0 Å². The summed E-state index contributed by atoms with van der Waals surface area (Å²) in [5, 5.41) is 0. The number of hydrogen-bond donors (Lipinski definition) is 2. The maximum atomic E-state index is 3.94. The lowest BCUT2D eigenvalue weighted by atomic mass is 10.1. The quantitative estimate of drug-likeness (QED) is 0.482. The first-order valence-electron chi connectivity index (χ1n) is 4.48. The molecule has 1 fully saturated rings. The molecule has 0 unspecified atom stereocenters. The van der Waals surface area contributed by atoms with Crippen molar-refractivity contribution in [1.29, 1.82) is 0 Å². The summed E-state index contributed by atoms with van der Waals surface area (Å²) < 4.78 is 0. The lowest BCUT2D eigenvalue weighted by Gasteiger charge is -2.27. The van der Waals surface area contributed by atoms with Gasteiger partial charge >= 0.3 is 0 Å². The number of likely N-dealkylation sites (tertiary alicyclic amines) is 1. The van der Waals surface area contributed by atoms with E-state index in [9.17, 15) is 0 Å². The van der Waals surface area contributed by atoms with Crippen LogP contribution < -0.4 is 10.6 Å². The van der Waals surface area contributed by atoms with Crippen molar-refractivity contribution in [3.05, 3.63) is 0 Å². The van der Waals surface area contributed by atoms with Crippen molar-refractivity contribution in [2.75, 3.05) is 19.6 Å². The summed E-state index contributed by atoms with van der Waals surface area (Å²) in [4.78, 5) is 1.78. The Morgan fingerprint density at radius 3 is 2.40 bits per heavy atom. The number of piperidine rings is 1. The smallest absolute Gasteiger partial charge is 0.134 e. The predicted octanol–water partition coefficient (Wildman–Crippen LogP) is -1.31. The van der Waals surface area contributed by atoms with Gasteiger partial charge in [-0.05, 0) is 26.2 Å². The molecule has 0 bridgehead atoms. The second-order valence-corrected chi connectivity index (χ2v) is 3.41. The molecule has 60 valence electrons. The lowest BCUT2D eigenvalue weighted by molar-refractivity contribution is -0.933. The minimum atomic E-state index is 0.792. The Morgan fingerprint density at radius 1 is 1.30 bits per heavy atom. The summed E-state index contributed by atoms with van der Waals surface area (Å²) in [7, 11) is 0. The Labute approximate surface area is 63.4 Å². The van der Waals surface area contributed by atoms with Crippen LogP contribution in [0.3, 0.4) is 0 Å². The van der Waals surface area contributed by atoms with Gasteiger partial charge in [-0.3, -0.25) is 0 Å². The van der Waals surface area contributed by atoms with Gasteiger partial charge in [-0.15, -0.1) is 0 Å². The first-order chi connectivity index (χ1) is 4.84. The molecular formula is C8H20N2+2. The van der Waals surface area contributed by atoms with Crippen molar-refractivity contribution in [3.63, 3.8) is 0 Å². The number of rotatable bonds is 2. The molecule has 1 heterocycles. The highest BCUT2D eigenvalue weighted by Crippen LogP contribution is 1.94. The van der Waals surface area contributed by atoms with Crippen molar-refractivity contribution in [2.24, 2.45) is 0 Å². The highest BCUT2D eigenvalue weighted by molar-refractivity contribution is 4.49. The van der Waals surface area contributed by atoms with E-state index in [1.165, 1.54) is 32.4 Å². The summed E-state index contributed by atoms with van der Waals surface area (Å²) in [6.07, 6.45) is 4.31. The molecule has 10 heavy (non-hydrogen) atoms. The zero-order valence-electron chi connectivity index (χ0n) is 7.03. The Morgan fingerprint density at radius 2 is 1.90 bits per heavy atom. The summed E-state index contributed by atoms with van der Waals surface area (Å²) >= 11 is 0. The van der Waals surface area contributed by atoms with Crippen LogP contribution in [-0.2, 0) is 0 Å². The predicted molar refractivity (Wildman–Crippen MR) is 41.8 cm³/mol. The summed E-state index contributed by atoms with van der Waals surface area (Å²) in [6.45, 7) is 6.18. The minimum Gasteiger partial charge on any atom is -0.353 e. The minimum absolute atomic E-state index is 0.792. The molecule has 1 saturated heterocycles. The van der Waals surface area contributed by atoms with Gasteiger partial charge in [0, 0.05) is 0 Å². The van der Waals surface area contributed by atoms with Gasteiger partial charge in [0.25, 0.3) is 0 Å². The van der Waals surface area contributed by atoms with E-state index < -0.39 is 0 Å². The fourth-order valence-electron chi connectivity index (χ4n) is 1.70. The van der Waals surface area contributed by atoms with E-state index in [2.05, 4.69) is 12.7 Å². The van der Waals surface area contributed by atoms with Crippen LogP contribution in [-0.4, -0.2) is 25.7 Å². The highest BCUT2D eigenvalue weighted by atomic mass is 15.2. The van der Waals surface area contributed by atoms with Crippen LogP contribution in [0.4, 0.5) is 0 Å². The van der Waals surface area contributed by atoms with Crippen LogP contribution >= 0.6 is 0 Å². The van der Waals surface area contributed by atoms with E-state index in [1.807, 2.05) is 0 Å². The third-order valence-corrected chi connectivity index (χ3v) is 2.63. The van der Waals surface area contributed by atoms with E-state index in [1.54, 1.807) is 4.90 Å². The third-order valence-electron chi connectivity index (χ3n) is 2.63. The van der Waals surface area contributed by atoms with Gasteiger partial charge in [0.05, 0.1) is 13.1 Å². The molecule has 4 N–H and O–H groups in total. The molecule has 0 saturated carbocycles. The molecule has 0 spiro atoms. The molecule has 0 aromatic rings. The fraction of sp³-hybridized carbons (Fsp3) is 1.00. The molecule has 0 amide bonds.